The van der Waals surface area contributed by atoms with E-state index in [1.54, 1.807) is 12.1 Å². The number of aliphatic carboxylic acids is 1. The Hall–Kier alpha value is -2.64. The Balaban J connectivity index is 1.85. The number of nitrogens with zero attached hydrogens (tertiary/aromatic N) is 2. The molecule has 0 aliphatic heterocycles. The fourth-order valence-electron chi connectivity index (χ4n) is 2.04. The first-order valence-corrected chi connectivity index (χ1v) is 7.34. The van der Waals surface area contributed by atoms with Crippen molar-refractivity contribution in [1.82, 2.24) is 15.5 Å². The van der Waals surface area contributed by atoms with Gasteiger partial charge in [0.15, 0.2) is 5.76 Å². The maximum absolute atomic E-state index is 11.9. The number of carboxylic acid groups (broad SMARTS) is 1. The van der Waals surface area contributed by atoms with Crippen molar-refractivity contribution < 1.29 is 23.6 Å². The molecule has 2 aromatic heterocycles. The summed E-state index contributed by atoms with van der Waals surface area (Å²) in [5.41, 5.74) is 0. The van der Waals surface area contributed by atoms with Crippen LogP contribution in [-0.2, 0) is 16.0 Å². The van der Waals surface area contributed by atoms with Crippen LogP contribution >= 0.6 is 0 Å². The highest BCUT2D eigenvalue weighted by molar-refractivity contribution is 5.83. The summed E-state index contributed by atoms with van der Waals surface area (Å²) in [6, 6.07) is 2.52. The predicted octanol–water partition coefficient (Wildman–Crippen LogP) is 1.88. The minimum atomic E-state index is -1.04. The Kier molecular flexibility index (Phi) is 5.51. The predicted molar refractivity (Wildman–Crippen MR) is 79.3 cm³/mol. The molecule has 0 aliphatic carbocycles. The quantitative estimate of drug-likeness (QED) is 0.761. The molecule has 0 saturated heterocycles. The molecule has 8 nitrogen and oxygen atoms in total. The zero-order chi connectivity index (χ0) is 16.8. The van der Waals surface area contributed by atoms with E-state index >= 15 is 0 Å². The number of rotatable bonds is 8. The van der Waals surface area contributed by atoms with Crippen LogP contribution in [0.5, 0.6) is 0 Å². The highest BCUT2D eigenvalue weighted by atomic mass is 16.5. The lowest BCUT2D eigenvalue weighted by molar-refractivity contribution is -0.142. The van der Waals surface area contributed by atoms with Crippen molar-refractivity contribution in [2.45, 2.75) is 39.2 Å². The van der Waals surface area contributed by atoms with Gasteiger partial charge in [0.2, 0.25) is 17.6 Å². The van der Waals surface area contributed by atoms with Gasteiger partial charge in [0, 0.05) is 12.8 Å². The summed E-state index contributed by atoms with van der Waals surface area (Å²) in [5.74, 6) is -0.146. The summed E-state index contributed by atoms with van der Waals surface area (Å²) in [6.07, 6.45) is 2.18. The number of hydrogen-bond donors (Lipinski definition) is 2. The van der Waals surface area contributed by atoms with Gasteiger partial charge in [-0.1, -0.05) is 19.0 Å². The normalized spacial score (nSPS) is 12.3. The van der Waals surface area contributed by atoms with E-state index in [0.29, 0.717) is 23.9 Å². The molecule has 0 saturated carbocycles. The van der Waals surface area contributed by atoms with E-state index in [-0.39, 0.29) is 24.7 Å². The first-order valence-electron chi connectivity index (χ1n) is 7.34. The molecule has 0 fully saturated rings. The van der Waals surface area contributed by atoms with Gasteiger partial charge < -0.3 is 19.4 Å². The lowest BCUT2D eigenvalue weighted by Crippen LogP contribution is -2.41. The first-order chi connectivity index (χ1) is 11.0. The van der Waals surface area contributed by atoms with Gasteiger partial charge in [-0.05, 0) is 24.5 Å². The number of carbonyl (C=O) groups excluding carboxylic acids is 1. The molecule has 2 N–H and O–H groups in total. The second-order valence-electron chi connectivity index (χ2n) is 5.58. The SMILES string of the molecule is CC(C)C[C@H](NC(=O)CCc1nc(-c2ccco2)no1)C(=O)O. The second-order valence-corrected chi connectivity index (χ2v) is 5.58. The maximum Gasteiger partial charge on any atom is 0.326 e. The number of hydrogen-bond acceptors (Lipinski definition) is 6. The monoisotopic (exact) mass is 321 g/mol. The zero-order valence-corrected chi connectivity index (χ0v) is 13.0. The van der Waals surface area contributed by atoms with Crippen molar-refractivity contribution >= 4 is 11.9 Å². The number of carboxylic acids is 1. The number of nitrogens with one attached hydrogen (secondary N) is 1. The van der Waals surface area contributed by atoms with Crippen LogP contribution in [0, 0.1) is 5.92 Å². The second kappa shape index (κ2) is 7.57. The van der Waals surface area contributed by atoms with Crippen LogP contribution in [0.4, 0.5) is 0 Å². The van der Waals surface area contributed by atoms with Crippen LogP contribution in [0.2, 0.25) is 0 Å². The standard InChI is InChI=1S/C15H19N3O5/c1-9(2)8-10(15(20)21)16-12(19)5-6-13-17-14(18-23-13)11-4-3-7-22-11/h3-4,7,9-10H,5-6,8H2,1-2H3,(H,16,19)(H,20,21)/t10-/m0/s1. The average Bonchev–Trinajstić information content (AvgIpc) is 3.14. The third kappa shape index (κ3) is 4.94. The van der Waals surface area contributed by atoms with E-state index in [1.165, 1.54) is 6.26 Å². The van der Waals surface area contributed by atoms with Gasteiger partial charge in [0.25, 0.3) is 0 Å². The molecule has 23 heavy (non-hydrogen) atoms. The third-order valence-electron chi connectivity index (χ3n) is 3.12. The highest BCUT2D eigenvalue weighted by Crippen LogP contribution is 2.16. The molecule has 0 unspecified atom stereocenters. The van der Waals surface area contributed by atoms with Gasteiger partial charge in [0.05, 0.1) is 6.26 Å². The molecule has 8 heteroatoms. The Labute approximate surface area is 132 Å². The lowest BCUT2D eigenvalue weighted by Gasteiger charge is -2.16. The summed E-state index contributed by atoms with van der Waals surface area (Å²) in [6.45, 7) is 3.80. The van der Waals surface area contributed by atoms with Crippen LogP contribution in [0.3, 0.4) is 0 Å². The molecular formula is C15H19N3O5. The molecule has 0 spiro atoms. The van der Waals surface area contributed by atoms with Crippen molar-refractivity contribution in [2.24, 2.45) is 5.92 Å². The molecule has 1 amide bonds. The third-order valence-corrected chi connectivity index (χ3v) is 3.12. The number of aromatic nitrogens is 2. The first kappa shape index (κ1) is 16.7. The van der Waals surface area contributed by atoms with Gasteiger partial charge in [0.1, 0.15) is 6.04 Å². The molecule has 0 bridgehead atoms. The van der Waals surface area contributed by atoms with Crippen molar-refractivity contribution in [3.05, 3.63) is 24.3 Å². The van der Waals surface area contributed by atoms with Gasteiger partial charge in [-0.3, -0.25) is 4.79 Å². The largest absolute Gasteiger partial charge is 0.480 e. The number of furan rings is 1. The van der Waals surface area contributed by atoms with Crippen LogP contribution in [0.15, 0.2) is 27.3 Å². The number of aryl methyl sites for hydroxylation is 1. The zero-order valence-electron chi connectivity index (χ0n) is 13.0. The smallest absolute Gasteiger partial charge is 0.326 e. The fourth-order valence-corrected chi connectivity index (χ4v) is 2.04. The van der Waals surface area contributed by atoms with Crippen molar-refractivity contribution in [3.8, 4) is 11.6 Å². The summed E-state index contributed by atoms with van der Waals surface area (Å²) in [5, 5.41) is 15.4. The molecule has 0 aromatic carbocycles. The van der Waals surface area contributed by atoms with E-state index in [0.717, 1.165) is 0 Å². The number of amides is 1. The highest BCUT2D eigenvalue weighted by Gasteiger charge is 2.21. The maximum atomic E-state index is 11.9. The van der Waals surface area contributed by atoms with Gasteiger partial charge in [-0.15, -0.1) is 0 Å². The molecule has 1 atom stereocenters. The van der Waals surface area contributed by atoms with Crippen LogP contribution < -0.4 is 5.32 Å². The molecule has 124 valence electrons. The fraction of sp³-hybridized carbons (Fsp3) is 0.467. The summed E-state index contributed by atoms with van der Waals surface area (Å²) < 4.78 is 10.2. The Morgan fingerprint density at radius 3 is 2.78 bits per heavy atom. The van der Waals surface area contributed by atoms with E-state index < -0.39 is 12.0 Å². The topological polar surface area (TPSA) is 118 Å². The molecule has 0 aliphatic rings. The van der Waals surface area contributed by atoms with Crippen molar-refractivity contribution in [2.75, 3.05) is 0 Å². The Bertz CT molecular complexity index is 648. The minimum absolute atomic E-state index is 0.0711. The van der Waals surface area contributed by atoms with Crippen LogP contribution in [0.25, 0.3) is 11.6 Å². The summed E-state index contributed by atoms with van der Waals surface area (Å²) >= 11 is 0. The van der Waals surface area contributed by atoms with Crippen molar-refractivity contribution in [3.63, 3.8) is 0 Å². The average molecular weight is 321 g/mol. The van der Waals surface area contributed by atoms with Gasteiger partial charge in [-0.2, -0.15) is 4.98 Å². The molecule has 2 aromatic rings. The minimum Gasteiger partial charge on any atom is -0.480 e. The van der Waals surface area contributed by atoms with Crippen molar-refractivity contribution in [1.29, 1.82) is 0 Å². The molecule has 2 rings (SSSR count). The Morgan fingerprint density at radius 1 is 1.39 bits per heavy atom. The lowest BCUT2D eigenvalue weighted by atomic mass is 10.0. The summed E-state index contributed by atoms with van der Waals surface area (Å²) in [4.78, 5) is 27.1. The van der Waals surface area contributed by atoms with E-state index in [2.05, 4.69) is 15.5 Å². The van der Waals surface area contributed by atoms with E-state index in [1.807, 2.05) is 13.8 Å². The van der Waals surface area contributed by atoms with E-state index in [4.69, 9.17) is 14.0 Å². The molecule has 2 heterocycles. The van der Waals surface area contributed by atoms with Gasteiger partial charge >= 0.3 is 5.97 Å². The van der Waals surface area contributed by atoms with Gasteiger partial charge in [-0.25, -0.2) is 4.79 Å². The number of carbonyl (C=O) groups is 2. The van der Waals surface area contributed by atoms with Crippen LogP contribution in [0.1, 0.15) is 32.6 Å². The molecular weight excluding hydrogens is 302 g/mol. The van der Waals surface area contributed by atoms with E-state index in [9.17, 15) is 9.59 Å². The summed E-state index contributed by atoms with van der Waals surface area (Å²) in [7, 11) is 0. The Morgan fingerprint density at radius 2 is 2.17 bits per heavy atom. The van der Waals surface area contributed by atoms with Crippen LogP contribution in [-0.4, -0.2) is 33.2 Å². The molecule has 0 radical (unpaired) electrons.